The normalized spacial score (nSPS) is 24.1. The second kappa shape index (κ2) is 9.73. The number of carbonyl (C=O) groups is 1. The van der Waals surface area contributed by atoms with E-state index in [2.05, 4.69) is 61.8 Å². The molecule has 154 valence electrons. The van der Waals surface area contributed by atoms with Crippen LogP contribution < -0.4 is 0 Å². The van der Waals surface area contributed by atoms with Crippen molar-refractivity contribution >= 4 is 5.91 Å². The molecular formula is C25H38N2O. The number of hydrogen-bond acceptors (Lipinski definition) is 2. The van der Waals surface area contributed by atoms with E-state index in [1.807, 2.05) is 12.1 Å². The molecule has 0 aromatic heterocycles. The van der Waals surface area contributed by atoms with Crippen LogP contribution in [0, 0.1) is 24.7 Å². The van der Waals surface area contributed by atoms with Crippen LogP contribution in [-0.2, 0) is 0 Å². The summed E-state index contributed by atoms with van der Waals surface area (Å²) in [7, 11) is 0. The molecular weight excluding hydrogens is 344 g/mol. The van der Waals surface area contributed by atoms with Crippen LogP contribution in [-0.4, -0.2) is 47.9 Å². The van der Waals surface area contributed by atoms with Gasteiger partial charge in [0.1, 0.15) is 0 Å². The average molecular weight is 383 g/mol. The van der Waals surface area contributed by atoms with Crippen molar-refractivity contribution in [3.05, 3.63) is 47.5 Å². The first-order valence-electron chi connectivity index (χ1n) is 11.3. The zero-order valence-corrected chi connectivity index (χ0v) is 18.2. The maximum Gasteiger partial charge on any atom is 0.254 e. The van der Waals surface area contributed by atoms with Crippen molar-refractivity contribution in [2.75, 3.05) is 26.2 Å². The summed E-state index contributed by atoms with van der Waals surface area (Å²) in [5, 5.41) is 0. The van der Waals surface area contributed by atoms with Crippen LogP contribution in [0.25, 0.3) is 0 Å². The van der Waals surface area contributed by atoms with Gasteiger partial charge in [0.15, 0.2) is 0 Å². The molecule has 4 atom stereocenters. The first-order valence-corrected chi connectivity index (χ1v) is 11.3. The van der Waals surface area contributed by atoms with E-state index in [1.54, 1.807) is 0 Å². The molecule has 0 N–H and O–H groups in total. The van der Waals surface area contributed by atoms with E-state index in [0.717, 1.165) is 50.5 Å². The Morgan fingerprint density at radius 2 is 1.82 bits per heavy atom. The minimum absolute atomic E-state index is 0.210. The first-order chi connectivity index (χ1) is 13.5. The fourth-order valence-corrected chi connectivity index (χ4v) is 4.99. The van der Waals surface area contributed by atoms with Gasteiger partial charge in [-0.2, -0.15) is 0 Å². The second-order valence-corrected chi connectivity index (χ2v) is 8.88. The number of fused-ring (bicyclic) bond motifs is 2. The van der Waals surface area contributed by atoms with Gasteiger partial charge in [-0.25, -0.2) is 0 Å². The third-order valence-electron chi connectivity index (χ3n) is 6.93. The molecule has 0 saturated heterocycles. The Balaban J connectivity index is 1.67. The lowest BCUT2D eigenvalue weighted by Gasteiger charge is -2.34. The van der Waals surface area contributed by atoms with Gasteiger partial charge in [0.05, 0.1) is 0 Å². The Bertz CT molecular complexity index is 662. The molecule has 3 heteroatoms. The summed E-state index contributed by atoms with van der Waals surface area (Å²) in [5.74, 6) is 2.28. The van der Waals surface area contributed by atoms with Gasteiger partial charge in [-0.15, -0.1) is 0 Å². The van der Waals surface area contributed by atoms with Crippen LogP contribution in [0.15, 0.2) is 36.4 Å². The Labute approximate surface area is 171 Å². The molecule has 3 nitrogen and oxygen atoms in total. The van der Waals surface area contributed by atoms with Crippen LogP contribution >= 0.6 is 0 Å². The predicted octanol–water partition coefficient (Wildman–Crippen LogP) is 5.16. The van der Waals surface area contributed by atoms with Gasteiger partial charge in [-0.05, 0) is 89.1 Å². The van der Waals surface area contributed by atoms with Crippen molar-refractivity contribution in [1.82, 2.24) is 9.80 Å². The van der Waals surface area contributed by atoms with Crippen LogP contribution in [0.1, 0.15) is 62.4 Å². The summed E-state index contributed by atoms with van der Waals surface area (Å²) in [4.78, 5) is 18.1. The minimum atomic E-state index is 0.210. The topological polar surface area (TPSA) is 23.6 Å². The Morgan fingerprint density at radius 1 is 1.11 bits per heavy atom. The monoisotopic (exact) mass is 382 g/mol. The minimum Gasteiger partial charge on any atom is -0.336 e. The number of aryl methyl sites for hydroxylation is 1. The van der Waals surface area contributed by atoms with E-state index in [-0.39, 0.29) is 11.9 Å². The molecule has 28 heavy (non-hydrogen) atoms. The predicted molar refractivity (Wildman–Crippen MR) is 118 cm³/mol. The average Bonchev–Trinajstić information content (AvgIpc) is 3.32. The molecule has 2 aliphatic rings. The molecule has 1 aromatic rings. The maximum atomic E-state index is 13.4. The van der Waals surface area contributed by atoms with Crippen molar-refractivity contribution in [3.8, 4) is 0 Å². The lowest BCUT2D eigenvalue weighted by atomic mass is 9.92. The number of rotatable bonds is 10. The maximum absolute atomic E-state index is 13.4. The highest BCUT2D eigenvalue weighted by molar-refractivity contribution is 5.94. The molecule has 2 bridgehead atoms. The number of amides is 1. The quantitative estimate of drug-likeness (QED) is 0.522. The van der Waals surface area contributed by atoms with E-state index < -0.39 is 0 Å². The van der Waals surface area contributed by atoms with E-state index in [1.165, 1.54) is 18.4 Å². The number of allylic oxidation sites excluding steroid dienone is 2. The van der Waals surface area contributed by atoms with Crippen molar-refractivity contribution < 1.29 is 4.79 Å². The number of carbonyl (C=O) groups excluding carboxylic acids is 1. The summed E-state index contributed by atoms with van der Waals surface area (Å²) < 4.78 is 0. The van der Waals surface area contributed by atoms with Crippen molar-refractivity contribution in [2.24, 2.45) is 17.8 Å². The van der Waals surface area contributed by atoms with Crippen LogP contribution in [0.4, 0.5) is 0 Å². The zero-order chi connectivity index (χ0) is 20.1. The van der Waals surface area contributed by atoms with Gasteiger partial charge in [0.2, 0.25) is 0 Å². The molecule has 1 aromatic carbocycles. The van der Waals surface area contributed by atoms with E-state index in [4.69, 9.17) is 0 Å². The highest BCUT2D eigenvalue weighted by atomic mass is 16.2. The number of nitrogens with zero attached hydrogens (tertiary/aromatic N) is 2. The zero-order valence-electron chi connectivity index (χ0n) is 18.2. The molecule has 1 saturated carbocycles. The Hall–Kier alpha value is -1.61. The fourth-order valence-electron chi connectivity index (χ4n) is 4.99. The van der Waals surface area contributed by atoms with Crippen LogP contribution in [0.5, 0.6) is 0 Å². The third kappa shape index (κ3) is 5.05. The lowest BCUT2D eigenvalue weighted by molar-refractivity contribution is 0.0631. The van der Waals surface area contributed by atoms with Crippen molar-refractivity contribution in [3.63, 3.8) is 0 Å². The third-order valence-corrected chi connectivity index (χ3v) is 6.93. The fraction of sp³-hybridized carbons (Fsp3) is 0.640. The number of hydrogen-bond donors (Lipinski definition) is 0. The van der Waals surface area contributed by atoms with Crippen molar-refractivity contribution in [2.45, 2.75) is 59.4 Å². The van der Waals surface area contributed by atoms with E-state index in [9.17, 15) is 4.79 Å². The van der Waals surface area contributed by atoms with Crippen LogP contribution in [0.2, 0.25) is 0 Å². The number of benzene rings is 1. The largest absolute Gasteiger partial charge is 0.336 e. The second-order valence-electron chi connectivity index (χ2n) is 8.88. The molecule has 0 heterocycles. The SMILES string of the molecule is CCN(CC)CCCC(C)N(CC1CC2C=CC1C2)C(=O)c1ccc(C)cc1. The molecule has 0 radical (unpaired) electrons. The van der Waals surface area contributed by atoms with Gasteiger partial charge < -0.3 is 9.80 Å². The molecule has 0 aliphatic heterocycles. The van der Waals surface area contributed by atoms with Gasteiger partial charge in [0.25, 0.3) is 5.91 Å². The van der Waals surface area contributed by atoms with Crippen LogP contribution in [0.3, 0.4) is 0 Å². The van der Waals surface area contributed by atoms with Crippen molar-refractivity contribution in [1.29, 1.82) is 0 Å². The molecule has 3 rings (SSSR count). The molecule has 0 spiro atoms. The molecule has 2 aliphatic carbocycles. The molecule has 1 amide bonds. The van der Waals surface area contributed by atoms with E-state index in [0.29, 0.717) is 11.8 Å². The smallest absolute Gasteiger partial charge is 0.254 e. The highest BCUT2D eigenvalue weighted by Gasteiger charge is 2.38. The molecule has 1 fully saturated rings. The van der Waals surface area contributed by atoms with Gasteiger partial charge in [0, 0.05) is 18.2 Å². The Morgan fingerprint density at radius 3 is 2.39 bits per heavy atom. The summed E-state index contributed by atoms with van der Waals surface area (Å²) in [6, 6.07) is 8.38. The van der Waals surface area contributed by atoms with Gasteiger partial charge in [-0.3, -0.25) is 4.79 Å². The summed E-state index contributed by atoms with van der Waals surface area (Å²) in [6.07, 6.45) is 9.57. The Kier molecular flexibility index (Phi) is 7.34. The van der Waals surface area contributed by atoms with E-state index >= 15 is 0 Å². The summed E-state index contributed by atoms with van der Waals surface area (Å²) in [5.41, 5.74) is 2.04. The van der Waals surface area contributed by atoms with Gasteiger partial charge in [-0.1, -0.05) is 43.7 Å². The molecule has 4 unspecified atom stereocenters. The standard InChI is InChI=1S/C25H38N2O/c1-5-26(6-2)15-7-8-20(4)27(18-24-17-21-11-14-23(24)16-21)25(28)22-12-9-19(3)10-13-22/h9-14,20-21,23-24H,5-8,15-18H2,1-4H3. The summed E-state index contributed by atoms with van der Waals surface area (Å²) in [6.45, 7) is 13.0. The highest BCUT2D eigenvalue weighted by Crippen LogP contribution is 2.44. The van der Waals surface area contributed by atoms with Gasteiger partial charge >= 0.3 is 0 Å². The first kappa shape index (κ1) is 21.1. The lowest BCUT2D eigenvalue weighted by Crippen LogP contribution is -2.43. The summed E-state index contributed by atoms with van der Waals surface area (Å²) >= 11 is 0.